The molecule has 6 heteroatoms. The number of esters is 1. The number of aromatic nitrogens is 3. The van der Waals surface area contributed by atoms with Crippen LogP contribution in [0.15, 0.2) is 47.3 Å². The first-order chi connectivity index (χ1) is 11.1. The molecule has 0 amide bonds. The van der Waals surface area contributed by atoms with Crippen LogP contribution >= 0.6 is 0 Å². The van der Waals surface area contributed by atoms with E-state index >= 15 is 0 Å². The Morgan fingerprint density at radius 3 is 2.78 bits per heavy atom. The zero-order valence-electron chi connectivity index (χ0n) is 12.8. The summed E-state index contributed by atoms with van der Waals surface area (Å²) >= 11 is 0. The molecular formula is C17H15N3O3. The van der Waals surface area contributed by atoms with Crippen LogP contribution in [0.5, 0.6) is 0 Å². The lowest BCUT2D eigenvalue weighted by atomic mass is 10.1. The average molecular weight is 309 g/mol. The fourth-order valence-corrected chi connectivity index (χ4v) is 2.26. The maximum atomic E-state index is 12.3. The molecule has 0 aliphatic heterocycles. The molecule has 0 aliphatic rings. The minimum Gasteiger partial charge on any atom is -0.439 e. The highest BCUT2D eigenvalue weighted by Crippen LogP contribution is 2.12. The Balaban J connectivity index is 1.83. The van der Waals surface area contributed by atoms with Crippen molar-refractivity contribution < 1.29 is 9.53 Å². The van der Waals surface area contributed by atoms with Gasteiger partial charge in [-0.05, 0) is 37.6 Å². The summed E-state index contributed by atoms with van der Waals surface area (Å²) in [5, 5.41) is 8.17. The summed E-state index contributed by atoms with van der Waals surface area (Å²) < 4.78 is 6.23. The summed E-state index contributed by atoms with van der Waals surface area (Å²) in [6.45, 7) is 3.45. The fraction of sp³-hybridized carbons (Fsp3) is 0.176. The minimum absolute atomic E-state index is 0.275. The highest BCUT2D eigenvalue weighted by Gasteiger charge is 2.12. The second-order valence-electron chi connectivity index (χ2n) is 5.29. The summed E-state index contributed by atoms with van der Waals surface area (Å²) in [6, 6.07) is 12.4. The molecule has 0 bridgehead atoms. The first-order valence-corrected chi connectivity index (χ1v) is 7.13. The van der Waals surface area contributed by atoms with E-state index in [0.717, 1.165) is 15.8 Å². The third-order valence-corrected chi connectivity index (χ3v) is 3.56. The topological polar surface area (TPSA) is 74.1 Å². The third kappa shape index (κ3) is 2.96. The number of benzene rings is 2. The Hall–Kier alpha value is -3.02. The Kier molecular flexibility index (Phi) is 3.89. The molecule has 1 heterocycles. The molecule has 23 heavy (non-hydrogen) atoms. The van der Waals surface area contributed by atoms with E-state index in [1.54, 1.807) is 30.3 Å². The molecule has 0 radical (unpaired) electrons. The minimum atomic E-state index is -0.493. The quantitative estimate of drug-likeness (QED) is 0.694. The van der Waals surface area contributed by atoms with Crippen LogP contribution in [-0.2, 0) is 11.5 Å². The van der Waals surface area contributed by atoms with Crippen molar-refractivity contribution in [3.05, 3.63) is 69.5 Å². The number of carbonyl (C=O) groups is 1. The maximum absolute atomic E-state index is 12.3. The van der Waals surface area contributed by atoms with E-state index < -0.39 is 5.97 Å². The lowest BCUT2D eigenvalue weighted by Crippen LogP contribution is -2.26. The van der Waals surface area contributed by atoms with Gasteiger partial charge in [0.2, 0.25) is 0 Å². The molecule has 116 valence electrons. The Labute approximate surface area is 132 Å². The van der Waals surface area contributed by atoms with E-state index in [0.29, 0.717) is 16.5 Å². The van der Waals surface area contributed by atoms with E-state index in [4.69, 9.17) is 4.74 Å². The fourth-order valence-electron chi connectivity index (χ4n) is 2.26. The molecular weight excluding hydrogens is 294 g/mol. The Morgan fingerprint density at radius 2 is 1.96 bits per heavy atom. The third-order valence-electron chi connectivity index (χ3n) is 3.56. The SMILES string of the molecule is Cc1ccc(C)c(C(=O)OCn2nnc3ccccc3c2=O)c1. The molecule has 0 N–H and O–H groups in total. The van der Waals surface area contributed by atoms with Gasteiger partial charge in [-0.1, -0.05) is 35.0 Å². The van der Waals surface area contributed by atoms with Gasteiger partial charge in [0.15, 0.2) is 6.73 Å². The van der Waals surface area contributed by atoms with E-state index in [9.17, 15) is 9.59 Å². The highest BCUT2D eigenvalue weighted by molar-refractivity contribution is 5.91. The largest absolute Gasteiger partial charge is 0.439 e. The van der Waals surface area contributed by atoms with Crippen molar-refractivity contribution in [3.8, 4) is 0 Å². The van der Waals surface area contributed by atoms with Gasteiger partial charge in [-0.2, -0.15) is 4.68 Å². The van der Waals surface area contributed by atoms with Crippen molar-refractivity contribution in [2.45, 2.75) is 20.6 Å². The van der Waals surface area contributed by atoms with Crippen LogP contribution in [-0.4, -0.2) is 21.0 Å². The van der Waals surface area contributed by atoms with Crippen molar-refractivity contribution in [2.24, 2.45) is 0 Å². The molecule has 0 spiro atoms. The number of ether oxygens (including phenoxy) is 1. The number of aryl methyl sites for hydroxylation is 2. The summed E-state index contributed by atoms with van der Waals surface area (Å²) in [4.78, 5) is 24.4. The number of carbonyl (C=O) groups excluding carboxylic acids is 1. The van der Waals surface area contributed by atoms with Crippen LogP contribution in [0.3, 0.4) is 0 Å². The Bertz CT molecular complexity index is 947. The summed E-state index contributed by atoms with van der Waals surface area (Å²) in [5.41, 5.74) is 2.42. The van der Waals surface area contributed by atoms with E-state index in [-0.39, 0.29) is 12.3 Å². The van der Waals surface area contributed by atoms with Crippen LogP contribution in [0.4, 0.5) is 0 Å². The molecule has 0 aliphatic carbocycles. The van der Waals surface area contributed by atoms with Crippen LogP contribution < -0.4 is 5.56 Å². The predicted octanol–water partition coefficient (Wildman–Crippen LogP) is 2.22. The number of nitrogens with zero attached hydrogens (tertiary/aromatic N) is 3. The standard InChI is InChI=1S/C17H15N3O3/c1-11-7-8-12(2)14(9-11)17(22)23-10-20-16(21)13-5-3-4-6-15(13)18-19-20/h3-9H,10H2,1-2H3. The molecule has 0 saturated carbocycles. The van der Waals surface area contributed by atoms with Crippen LogP contribution in [0.2, 0.25) is 0 Å². The van der Waals surface area contributed by atoms with Crippen LogP contribution in [0.25, 0.3) is 10.9 Å². The molecule has 0 unspecified atom stereocenters. The van der Waals surface area contributed by atoms with Crippen molar-refractivity contribution in [3.63, 3.8) is 0 Å². The second-order valence-corrected chi connectivity index (χ2v) is 5.29. The lowest BCUT2D eigenvalue weighted by Gasteiger charge is -2.09. The van der Waals surface area contributed by atoms with Crippen molar-refractivity contribution in [1.82, 2.24) is 15.0 Å². The van der Waals surface area contributed by atoms with Crippen LogP contribution in [0, 0.1) is 13.8 Å². The van der Waals surface area contributed by atoms with E-state index in [1.165, 1.54) is 0 Å². The zero-order valence-corrected chi connectivity index (χ0v) is 12.8. The number of hydrogen-bond donors (Lipinski definition) is 0. The molecule has 0 atom stereocenters. The first kappa shape index (κ1) is 14.9. The van der Waals surface area contributed by atoms with E-state index in [2.05, 4.69) is 10.3 Å². The molecule has 6 nitrogen and oxygen atoms in total. The normalized spacial score (nSPS) is 10.7. The molecule has 0 fully saturated rings. The molecule has 3 rings (SSSR count). The van der Waals surface area contributed by atoms with Crippen molar-refractivity contribution >= 4 is 16.9 Å². The van der Waals surface area contributed by atoms with Crippen molar-refractivity contribution in [1.29, 1.82) is 0 Å². The molecule has 0 saturated heterocycles. The lowest BCUT2D eigenvalue weighted by molar-refractivity contribution is 0.0335. The molecule has 2 aromatic carbocycles. The molecule has 1 aromatic heterocycles. The number of rotatable bonds is 3. The molecule has 3 aromatic rings. The summed E-state index contributed by atoms with van der Waals surface area (Å²) in [5.74, 6) is -0.493. The number of hydrogen-bond acceptors (Lipinski definition) is 5. The maximum Gasteiger partial charge on any atom is 0.340 e. The highest BCUT2D eigenvalue weighted by atomic mass is 16.5. The summed E-state index contributed by atoms with van der Waals surface area (Å²) in [7, 11) is 0. The van der Waals surface area contributed by atoms with Gasteiger partial charge in [0.25, 0.3) is 5.56 Å². The van der Waals surface area contributed by atoms with E-state index in [1.807, 2.05) is 26.0 Å². The second kappa shape index (κ2) is 6.00. The van der Waals surface area contributed by atoms with Crippen LogP contribution in [0.1, 0.15) is 21.5 Å². The first-order valence-electron chi connectivity index (χ1n) is 7.13. The van der Waals surface area contributed by atoms with Crippen molar-refractivity contribution in [2.75, 3.05) is 0 Å². The van der Waals surface area contributed by atoms with Gasteiger partial charge in [-0.25, -0.2) is 4.79 Å². The average Bonchev–Trinajstić information content (AvgIpc) is 2.56. The predicted molar refractivity (Wildman–Crippen MR) is 85.1 cm³/mol. The monoisotopic (exact) mass is 309 g/mol. The van der Waals surface area contributed by atoms with Gasteiger partial charge in [-0.15, -0.1) is 5.10 Å². The van der Waals surface area contributed by atoms with Gasteiger partial charge in [0.1, 0.15) is 5.52 Å². The summed E-state index contributed by atoms with van der Waals surface area (Å²) in [6.07, 6.45) is 0. The van der Waals surface area contributed by atoms with Gasteiger partial charge in [0, 0.05) is 0 Å². The van der Waals surface area contributed by atoms with Gasteiger partial charge in [0.05, 0.1) is 10.9 Å². The zero-order chi connectivity index (χ0) is 16.4. The van der Waals surface area contributed by atoms with Gasteiger partial charge < -0.3 is 4.74 Å². The smallest absolute Gasteiger partial charge is 0.340 e. The Morgan fingerprint density at radius 1 is 1.17 bits per heavy atom. The van der Waals surface area contributed by atoms with Gasteiger partial charge >= 0.3 is 5.97 Å². The van der Waals surface area contributed by atoms with Gasteiger partial charge in [-0.3, -0.25) is 4.79 Å². The number of fused-ring (bicyclic) bond motifs is 1.